The predicted octanol–water partition coefficient (Wildman–Crippen LogP) is 1.39. The normalized spacial score (nSPS) is 19.1. The minimum atomic E-state index is -0.272. The van der Waals surface area contributed by atoms with Crippen LogP contribution in [0.1, 0.15) is 24.1 Å². The molecule has 3 nitrogen and oxygen atoms in total. The maximum atomic E-state index is 11.5. The van der Waals surface area contributed by atoms with Gasteiger partial charge in [0.2, 0.25) is 0 Å². The molecule has 1 aliphatic rings. The molecule has 0 saturated heterocycles. The van der Waals surface area contributed by atoms with Crippen molar-refractivity contribution in [3.8, 4) is 0 Å². The number of benzene rings is 1. The number of carbonyl (C=O) groups excluding carboxylic acids is 1. The van der Waals surface area contributed by atoms with Gasteiger partial charge in [0.15, 0.2) is 0 Å². The maximum absolute atomic E-state index is 11.5. The van der Waals surface area contributed by atoms with E-state index in [4.69, 9.17) is 4.74 Å². The summed E-state index contributed by atoms with van der Waals surface area (Å²) in [7, 11) is 0. The Morgan fingerprint density at radius 2 is 2.36 bits per heavy atom. The van der Waals surface area contributed by atoms with Crippen LogP contribution in [0.2, 0.25) is 0 Å². The van der Waals surface area contributed by atoms with Crippen LogP contribution in [0.4, 0.5) is 0 Å². The Hall–Kier alpha value is -1.35. The van der Waals surface area contributed by atoms with Gasteiger partial charge >= 0.3 is 5.97 Å². The summed E-state index contributed by atoms with van der Waals surface area (Å²) >= 11 is 0. The fourth-order valence-electron chi connectivity index (χ4n) is 1.73. The molecule has 0 fully saturated rings. The zero-order chi connectivity index (χ0) is 9.97. The number of fused-ring (bicyclic) bond motifs is 1. The Balaban J connectivity index is 2.21. The third-order valence-electron chi connectivity index (χ3n) is 2.39. The average Bonchev–Trinajstić information content (AvgIpc) is 2.61. The molecular weight excluding hydrogens is 178 g/mol. The number of nitrogens with one attached hydrogen (secondary N) is 1. The lowest BCUT2D eigenvalue weighted by Crippen LogP contribution is -2.24. The smallest absolute Gasteiger partial charge is 0.327 e. The first-order valence-electron chi connectivity index (χ1n) is 4.80. The molecule has 2 rings (SSSR count). The van der Waals surface area contributed by atoms with E-state index in [0.717, 1.165) is 12.1 Å². The van der Waals surface area contributed by atoms with Crippen LogP contribution < -0.4 is 5.32 Å². The van der Waals surface area contributed by atoms with Gasteiger partial charge in [-0.1, -0.05) is 24.3 Å². The molecule has 1 aromatic rings. The molecule has 1 aliphatic heterocycles. The van der Waals surface area contributed by atoms with Gasteiger partial charge in [0.1, 0.15) is 6.04 Å². The van der Waals surface area contributed by atoms with E-state index < -0.39 is 0 Å². The van der Waals surface area contributed by atoms with Crippen LogP contribution in [0, 0.1) is 0 Å². The number of hydrogen-bond acceptors (Lipinski definition) is 3. The van der Waals surface area contributed by atoms with Gasteiger partial charge in [0, 0.05) is 6.54 Å². The lowest BCUT2D eigenvalue weighted by molar-refractivity contribution is -0.145. The zero-order valence-electron chi connectivity index (χ0n) is 8.12. The van der Waals surface area contributed by atoms with Crippen molar-refractivity contribution < 1.29 is 9.53 Å². The summed E-state index contributed by atoms with van der Waals surface area (Å²) in [5.41, 5.74) is 2.23. The van der Waals surface area contributed by atoms with Crippen LogP contribution in [0.25, 0.3) is 0 Å². The molecule has 0 bridgehead atoms. The lowest BCUT2D eigenvalue weighted by atomic mass is 10.1. The molecule has 0 aliphatic carbocycles. The quantitative estimate of drug-likeness (QED) is 0.718. The minimum absolute atomic E-state index is 0.183. The number of ether oxygens (including phenoxy) is 1. The summed E-state index contributed by atoms with van der Waals surface area (Å²) in [6, 6.07) is 7.65. The van der Waals surface area contributed by atoms with Crippen LogP contribution in [-0.4, -0.2) is 12.6 Å². The van der Waals surface area contributed by atoms with Gasteiger partial charge in [0.05, 0.1) is 6.61 Å². The molecule has 0 radical (unpaired) electrons. The topological polar surface area (TPSA) is 38.3 Å². The van der Waals surface area contributed by atoms with Crippen molar-refractivity contribution in [1.29, 1.82) is 0 Å². The zero-order valence-corrected chi connectivity index (χ0v) is 8.12. The molecule has 1 aromatic carbocycles. The Labute approximate surface area is 83.1 Å². The van der Waals surface area contributed by atoms with Crippen LogP contribution in [-0.2, 0) is 16.1 Å². The van der Waals surface area contributed by atoms with Crippen LogP contribution in [0.5, 0.6) is 0 Å². The number of hydrogen-bond donors (Lipinski definition) is 1. The molecule has 1 heterocycles. The van der Waals surface area contributed by atoms with Gasteiger partial charge in [-0.2, -0.15) is 0 Å². The minimum Gasteiger partial charge on any atom is -0.465 e. The van der Waals surface area contributed by atoms with E-state index in [1.807, 2.05) is 31.2 Å². The SMILES string of the molecule is CCOC(=O)C1NCc2ccccc21. The number of esters is 1. The number of rotatable bonds is 2. The summed E-state index contributed by atoms with van der Waals surface area (Å²) in [5, 5.41) is 3.13. The summed E-state index contributed by atoms with van der Waals surface area (Å²) in [4.78, 5) is 11.5. The molecule has 74 valence electrons. The van der Waals surface area contributed by atoms with Gasteiger partial charge in [-0.15, -0.1) is 0 Å². The Morgan fingerprint density at radius 1 is 1.57 bits per heavy atom. The van der Waals surface area contributed by atoms with Crippen LogP contribution in [0.15, 0.2) is 24.3 Å². The fraction of sp³-hybridized carbons (Fsp3) is 0.364. The van der Waals surface area contributed by atoms with Crippen molar-refractivity contribution in [3.63, 3.8) is 0 Å². The highest BCUT2D eigenvalue weighted by molar-refractivity contribution is 5.79. The number of carbonyl (C=O) groups is 1. The molecular formula is C11H13NO2. The molecule has 1 N–H and O–H groups in total. The molecule has 1 atom stereocenters. The Bertz CT molecular complexity index is 349. The van der Waals surface area contributed by atoms with Gasteiger partial charge in [-0.3, -0.25) is 5.32 Å². The third kappa shape index (κ3) is 1.51. The van der Waals surface area contributed by atoms with Crippen molar-refractivity contribution in [3.05, 3.63) is 35.4 Å². The molecule has 0 amide bonds. The molecule has 0 aromatic heterocycles. The highest BCUT2D eigenvalue weighted by Crippen LogP contribution is 2.25. The monoisotopic (exact) mass is 191 g/mol. The molecule has 0 saturated carbocycles. The predicted molar refractivity (Wildman–Crippen MR) is 52.7 cm³/mol. The maximum Gasteiger partial charge on any atom is 0.327 e. The highest BCUT2D eigenvalue weighted by Gasteiger charge is 2.28. The first-order valence-corrected chi connectivity index (χ1v) is 4.80. The second kappa shape index (κ2) is 3.80. The van der Waals surface area contributed by atoms with E-state index in [-0.39, 0.29) is 12.0 Å². The standard InChI is InChI=1S/C11H13NO2/c1-2-14-11(13)10-9-6-4-3-5-8(9)7-12-10/h3-6,10,12H,2,7H2,1H3. The second-order valence-corrected chi connectivity index (χ2v) is 3.26. The Kier molecular flexibility index (Phi) is 2.50. The van der Waals surface area contributed by atoms with E-state index in [1.165, 1.54) is 5.56 Å². The molecule has 14 heavy (non-hydrogen) atoms. The van der Waals surface area contributed by atoms with E-state index >= 15 is 0 Å². The highest BCUT2D eigenvalue weighted by atomic mass is 16.5. The van der Waals surface area contributed by atoms with Gasteiger partial charge in [-0.05, 0) is 18.1 Å². The van der Waals surface area contributed by atoms with E-state index in [1.54, 1.807) is 0 Å². The molecule has 3 heteroatoms. The van der Waals surface area contributed by atoms with Gasteiger partial charge in [-0.25, -0.2) is 4.79 Å². The van der Waals surface area contributed by atoms with Crippen molar-refractivity contribution in [2.45, 2.75) is 19.5 Å². The lowest BCUT2D eigenvalue weighted by Gasteiger charge is -2.10. The van der Waals surface area contributed by atoms with Gasteiger partial charge < -0.3 is 4.74 Å². The van der Waals surface area contributed by atoms with Gasteiger partial charge in [0.25, 0.3) is 0 Å². The average molecular weight is 191 g/mol. The molecule has 0 spiro atoms. The van der Waals surface area contributed by atoms with E-state index in [0.29, 0.717) is 6.61 Å². The van der Waals surface area contributed by atoms with Crippen molar-refractivity contribution in [1.82, 2.24) is 5.32 Å². The van der Waals surface area contributed by atoms with Crippen LogP contribution in [0.3, 0.4) is 0 Å². The largest absolute Gasteiger partial charge is 0.465 e. The van der Waals surface area contributed by atoms with E-state index in [2.05, 4.69) is 5.32 Å². The summed E-state index contributed by atoms with van der Waals surface area (Å²) in [6.45, 7) is 3.00. The Morgan fingerprint density at radius 3 is 3.14 bits per heavy atom. The third-order valence-corrected chi connectivity index (χ3v) is 2.39. The summed E-state index contributed by atoms with van der Waals surface area (Å²) in [6.07, 6.45) is 0. The first-order chi connectivity index (χ1) is 6.83. The van der Waals surface area contributed by atoms with Crippen molar-refractivity contribution >= 4 is 5.97 Å². The van der Waals surface area contributed by atoms with Crippen molar-refractivity contribution in [2.24, 2.45) is 0 Å². The summed E-state index contributed by atoms with van der Waals surface area (Å²) < 4.78 is 4.98. The van der Waals surface area contributed by atoms with Crippen LogP contribution >= 0.6 is 0 Å². The molecule has 1 unspecified atom stereocenters. The first kappa shape index (κ1) is 9.21. The van der Waals surface area contributed by atoms with Crippen molar-refractivity contribution in [2.75, 3.05) is 6.61 Å². The second-order valence-electron chi connectivity index (χ2n) is 3.26. The van der Waals surface area contributed by atoms with E-state index in [9.17, 15) is 4.79 Å². The summed E-state index contributed by atoms with van der Waals surface area (Å²) in [5.74, 6) is -0.183. The fourth-order valence-corrected chi connectivity index (χ4v) is 1.73.